The summed E-state index contributed by atoms with van der Waals surface area (Å²) in [5, 5.41) is 11.7. The minimum atomic E-state index is -4.48. The van der Waals surface area contributed by atoms with Crippen molar-refractivity contribution in [1.82, 2.24) is 19.9 Å². The van der Waals surface area contributed by atoms with E-state index in [-0.39, 0.29) is 23.1 Å². The lowest BCUT2D eigenvalue weighted by Gasteiger charge is -2.10. The van der Waals surface area contributed by atoms with Gasteiger partial charge in [-0.1, -0.05) is 18.2 Å². The second kappa shape index (κ2) is 10.7. The Balaban J connectivity index is 1.30. The molecule has 1 amide bonds. The van der Waals surface area contributed by atoms with Crippen LogP contribution in [0.2, 0.25) is 0 Å². The first kappa shape index (κ1) is 24.5. The van der Waals surface area contributed by atoms with Gasteiger partial charge in [0.15, 0.2) is 0 Å². The molecule has 2 aromatic carbocycles. The van der Waals surface area contributed by atoms with Gasteiger partial charge in [0.1, 0.15) is 5.75 Å². The quantitative estimate of drug-likeness (QED) is 0.375. The van der Waals surface area contributed by atoms with Crippen molar-refractivity contribution >= 4 is 5.91 Å². The maximum Gasteiger partial charge on any atom is 0.416 e. The number of nitrogens with one attached hydrogen (secondary N) is 1. The molecule has 0 unspecified atom stereocenters. The van der Waals surface area contributed by atoms with E-state index in [1.807, 2.05) is 16.7 Å². The topological polar surface area (TPSA) is 92.8 Å². The van der Waals surface area contributed by atoms with E-state index in [1.54, 1.807) is 24.7 Å². The van der Waals surface area contributed by atoms with Gasteiger partial charge < -0.3 is 14.6 Å². The van der Waals surface area contributed by atoms with Crippen molar-refractivity contribution in [1.29, 1.82) is 5.26 Å². The van der Waals surface area contributed by atoms with Gasteiger partial charge in [-0.2, -0.15) is 18.4 Å². The van der Waals surface area contributed by atoms with Crippen LogP contribution in [0, 0.1) is 11.3 Å². The molecule has 2 heterocycles. The van der Waals surface area contributed by atoms with Gasteiger partial charge in [-0.25, -0.2) is 9.97 Å². The zero-order valence-electron chi connectivity index (χ0n) is 18.9. The number of pyridine rings is 1. The van der Waals surface area contributed by atoms with E-state index in [4.69, 9.17) is 10.00 Å². The molecule has 4 rings (SSSR count). The Hall–Kier alpha value is -4.65. The van der Waals surface area contributed by atoms with Crippen LogP contribution in [-0.2, 0) is 19.1 Å². The van der Waals surface area contributed by atoms with E-state index < -0.39 is 11.7 Å². The van der Waals surface area contributed by atoms with E-state index in [1.165, 1.54) is 30.5 Å². The molecule has 1 N–H and O–H groups in total. The van der Waals surface area contributed by atoms with Gasteiger partial charge in [-0.15, -0.1) is 0 Å². The summed E-state index contributed by atoms with van der Waals surface area (Å²) in [7, 11) is 0. The van der Waals surface area contributed by atoms with Crippen LogP contribution in [0.4, 0.5) is 13.2 Å². The average Bonchev–Trinajstić information content (AvgIpc) is 3.31. The third-order valence-corrected chi connectivity index (χ3v) is 5.28. The molecule has 10 heteroatoms. The van der Waals surface area contributed by atoms with Crippen molar-refractivity contribution in [2.75, 3.05) is 6.54 Å². The predicted octanol–water partition coefficient (Wildman–Crippen LogP) is 4.98. The zero-order chi connectivity index (χ0) is 25.5. The number of rotatable bonds is 8. The van der Waals surface area contributed by atoms with Crippen molar-refractivity contribution in [3.8, 4) is 17.7 Å². The molecular formula is C26H20F3N5O2. The molecule has 0 aliphatic rings. The number of hydrogen-bond donors (Lipinski definition) is 1. The number of amides is 1. The van der Waals surface area contributed by atoms with Gasteiger partial charge in [0.2, 0.25) is 5.88 Å². The van der Waals surface area contributed by atoms with E-state index in [0.29, 0.717) is 25.1 Å². The molecule has 2 aromatic heterocycles. The molecule has 0 aliphatic carbocycles. The Morgan fingerprint density at radius 1 is 1.08 bits per heavy atom. The highest BCUT2D eigenvalue weighted by atomic mass is 19.4. The number of carbonyl (C=O) groups excluding carboxylic acids is 1. The number of nitriles is 1. The molecule has 0 bridgehead atoms. The first-order valence-electron chi connectivity index (χ1n) is 10.9. The first-order chi connectivity index (χ1) is 17.3. The molecule has 0 fully saturated rings. The summed E-state index contributed by atoms with van der Waals surface area (Å²) in [6, 6.07) is 16.8. The highest BCUT2D eigenvalue weighted by Gasteiger charge is 2.30. The second-order valence-electron chi connectivity index (χ2n) is 7.84. The van der Waals surface area contributed by atoms with Crippen LogP contribution in [0.5, 0.6) is 11.6 Å². The minimum absolute atomic E-state index is 0.00727. The fourth-order valence-electron chi connectivity index (χ4n) is 3.42. The molecule has 0 spiro atoms. The number of alkyl halides is 3. The Bertz CT molecular complexity index is 1370. The molecule has 182 valence electrons. The number of nitrogens with zero attached hydrogens (tertiary/aromatic N) is 4. The SMILES string of the molecule is N#Cc1ccc(Cn2cncc2CCNC(=O)c2ccc(Oc3cccc(C(F)(F)F)c3)nc2)cc1. The van der Waals surface area contributed by atoms with Gasteiger partial charge in [-0.05, 0) is 42.0 Å². The fourth-order valence-corrected chi connectivity index (χ4v) is 3.42. The molecule has 4 aromatic rings. The third-order valence-electron chi connectivity index (χ3n) is 5.28. The van der Waals surface area contributed by atoms with E-state index in [0.717, 1.165) is 23.4 Å². The van der Waals surface area contributed by atoms with Crippen LogP contribution < -0.4 is 10.1 Å². The maximum absolute atomic E-state index is 12.9. The maximum atomic E-state index is 12.9. The van der Waals surface area contributed by atoms with E-state index in [9.17, 15) is 18.0 Å². The van der Waals surface area contributed by atoms with E-state index >= 15 is 0 Å². The number of imidazole rings is 1. The molecule has 36 heavy (non-hydrogen) atoms. The molecular weight excluding hydrogens is 471 g/mol. The summed E-state index contributed by atoms with van der Waals surface area (Å²) in [6.07, 6.45) is 0.815. The summed E-state index contributed by atoms with van der Waals surface area (Å²) in [4.78, 5) is 20.7. The summed E-state index contributed by atoms with van der Waals surface area (Å²) >= 11 is 0. The number of benzene rings is 2. The Kier molecular flexibility index (Phi) is 7.30. The van der Waals surface area contributed by atoms with Crippen LogP contribution in [-0.4, -0.2) is 27.0 Å². The highest BCUT2D eigenvalue weighted by Crippen LogP contribution is 2.32. The van der Waals surface area contributed by atoms with Crippen LogP contribution in [0.1, 0.15) is 32.7 Å². The Morgan fingerprint density at radius 2 is 1.89 bits per heavy atom. The normalized spacial score (nSPS) is 11.1. The summed E-state index contributed by atoms with van der Waals surface area (Å²) in [5.41, 5.74) is 2.02. The van der Waals surface area contributed by atoms with Crippen molar-refractivity contribution in [3.05, 3.63) is 107 Å². The number of ether oxygens (including phenoxy) is 1. The van der Waals surface area contributed by atoms with Crippen molar-refractivity contribution in [2.45, 2.75) is 19.1 Å². The molecule has 0 atom stereocenters. The van der Waals surface area contributed by atoms with Gasteiger partial charge >= 0.3 is 6.18 Å². The third kappa shape index (κ3) is 6.27. The number of halogens is 3. The van der Waals surface area contributed by atoms with Gasteiger partial charge in [0.25, 0.3) is 5.91 Å². The van der Waals surface area contributed by atoms with Crippen molar-refractivity contribution in [2.24, 2.45) is 0 Å². The minimum Gasteiger partial charge on any atom is -0.439 e. The molecule has 7 nitrogen and oxygen atoms in total. The predicted molar refractivity (Wildman–Crippen MR) is 124 cm³/mol. The lowest BCUT2D eigenvalue weighted by molar-refractivity contribution is -0.137. The summed E-state index contributed by atoms with van der Waals surface area (Å²) in [6.45, 7) is 0.951. The van der Waals surface area contributed by atoms with Crippen LogP contribution >= 0.6 is 0 Å². The van der Waals surface area contributed by atoms with Crippen molar-refractivity contribution in [3.63, 3.8) is 0 Å². The molecule has 0 saturated carbocycles. The number of aromatic nitrogens is 3. The zero-order valence-corrected chi connectivity index (χ0v) is 18.9. The lowest BCUT2D eigenvalue weighted by Crippen LogP contribution is -2.26. The summed E-state index contributed by atoms with van der Waals surface area (Å²) in [5.74, 6) is -0.281. The van der Waals surface area contributed by atoms with Crippen LogP contribution in [0.25, 0.3) is 0 Å². The van der Waals surface area contributed by atoms with Crippen LogP contribution in [0.15, 0.2) is 79.4 Å². The van der Waals surface area contributed by atoms with Gasteiger partial charge in [0, 0.05) is 43.7 Å². The average molecular weight is 491 g/mol. The largest absolute Gasteiger partial charge is 0.439 e. The van der Waals surface area contributed by atoms with Crippen LogP contribution in [0.3, 0.4) is 0 Å². The summed E-state index contributed by atoms with van der Waals surface area (Å²) < 4.78 is 45.9. The first-order valence-corrected chi connectivity index (χ1v) is 10.9. The second-order valence-corrected chi connectivity index (χ2v) is 7.84. The highest BCUT2D eigenvalue weighted by molar-refractivity contribution is 5.93. The van der Waals surface area contributed by atoms with Gasteiger partial charge in [-0.3, -0.25) is 4.79 Å². The molecule has 0 saturated heterocycles. The monoisotopic (exact) mass is 491 g/mol. The van der Waals surface area contributed by atoms with Crippen molar-refractivity contribution < 1.29 is 22.7 Å². The standard InChI is InChI=1S/C26H20F3N5O2/c27-26(28,29)21-2-1-3-23(12-21)36-24-9-8-20(14-33-24)25(35)32-11-10-22-15-31-17-34(22)16-19-6-4-18(13-30)5-7-19/h1-9,12,14-15,17H,10-11,16H2,(H,32,35). The Morgan fingerprint density at radius 3 is 2.58 bits per heavy atom. The smallest absolute Gasteiger partial charge is 0.416 e. The fraction of sp³-hybridized carbons (Fsp3) is 0.154. The number of hydrogen-bond acceptors (Lipinski definition) is 5. The molecule has 0 aliphatic heterocycles. The molecule has 0 radical (unpaired) electrons. The van der Waals surface area contributed by atoms with Gasteiger partial charge in [0.05, 0.1) is 29.1 Å². The lowest BCUT2D eigenvalue weighted by atomic mass is 10.1. The number of carbonyl (C=O) groups is 1. The van der Waals surface area contributed by atoms with E-state index in [2.05, 4.69) is 21.4 Å². The Labute approximate surface area is 204 Å².